The molecule has 4 heteroatoms. The summed E-state index contributed by atoms with van der Waals surface area (Å²) in [7, 11) is 0. The molecule has 2 nitrogen and oxygen atoms in total. The van der Waals surface area contributed by atoms with Crippen molar-refractivity contribution in [3.05, 3.63) is 0 Å². The van der Waals surface area contributed by atoms with Crippen LogP contribution < -0.4 is 5.73 Å². The first-order chi connectivity index (χ1) is 1.73. The Labute approximate surface area is 44.9 Å². The van der Waals surface area contributed by atoms with Gasteiger partial charge >= 0.3 is 31.9 Å². The number of hydrogen-bond acceptors (Lipinski definition) is 1. The molecule has 31 valence electrons. The molecule has 0 saturated heterocycles. The molecular weight excluding hydrogens is 154 g/mol. The third-order valence-corrected chi connectivity index (χ3v) is 0. The summed E-state index contributed by atoms with van der Waals surface area (Å²) < 4.78 is 0.0417. The van der Waals surface area contributed by atoms with Gasteiger partial charge in [-0.25, -0.2) is 0 Å². The quantitative estimate of drug-likeness (QED) is 0.278. The van der Waals surface area contributed by atoms with E-state index in [1.807, 2.05) is 0 Å². The van der Waals surface area contributed by atoms with E-state index in [-0.39, 0.29) is 17.1 Å². The van der Waals surface area contributed by atoms with Gasteiger partial charge in [-0.1, -0.05) is 0 Å². The second kappa shape index (κ2) is 4.28. The van der Waals surface area contributed by atoms with Gasteiger partial charge in [0.15, 0.2) is 0 Å². The van der Waals surface area contributed by atoms with Gasteiger partial charge in [0.1, 0.15) is 0 Å². The van der Waals surface area contributed by atoms with Crippen molar-refractivity contribution in [3.8, 4) is 0 Å². The predicted octanol–water partition coefficient (Wildman–Crippen LogP) is -0.530. The molecule has 0 atom stereocenters. The van der Waals surface area contributed by atoms with E-state index in [4.69, 9.17) is 5.41 Å². The van der Waals surface area contributed by atoms with E-state index >= 15 is 0 Å². The maximum absolute atomic E-state index is 6.22. The first kappa shape index (κ1) is 8.99. The van der Waals surface area contributed by atoms with E-state index in [1.54, 1.807) is 0 Å². The summed E-state index contributed by atoms with van der Waals surface area (Å²) in [6, 6.07) is 0. The number of amidine groups is 1. The fourth-order valence-corrected chi connectivity index (χ4v) is 0. The zero-order chi connectivity index (χ0) is 3.58. The summed E-state index contributed by atoms with van der Waals surface area (Å²) in [6.07, 6.45) is 0. The normalized spacial score (nSPS) is 4.80. The summed E-state index contributed by atoms with van der Waals surface area (Å²) in [5.74, 6) is 0. The predicted molar refractivity (Wildman–Crippen MR) is 24.9 cm³/mol. The van der Waals surface area contributed by atoms with Gasteiger partial charge in [-0.05, 0) is 0 Å². The number of nitrogens with one attached hydrogen (secondary N) is 1. The molecule has 0 rings (SSSR count). The van der Waals surface area contributed by atoms with Gasteiger partial charge in [-0.3, -0.25) is 0 Å². The Morgan fingerprint density at radius 3 is 1.80 bits per heavy atom. The molecule has 0 amide bonds. The Balaban J connectivity index is 0. The average molecular weight is 158 g/mol. The monoisotopic (exact) mass is 159 g/mol. The van der Waals surface area contributed by atoms with Crippen LogP contribution in [0, 0.1) is 5.41 Å². The first-order valence-corrected chi connectivity index (χ1v) is 1.60. The summed E-state index contributed by atoms with van der Waals surface area (Å²) >= 11 is 2.26. The zero-order valence-corrected chi connectivity index (χ0v) is 4.92. The number of nitrogens with two attached hydrogens (primary N) is 1. The summed E-state index contributed by atoms with van der Waals surface area (Å²) in [4.78, 5) is 0. The standard InChI is InChI=1S/CH3N2Se.ClH/c2-1(3)4;/h(H3,2,3);1H. The minimum absolute atomic E-state index is 0. The van der Waals surface area contributed by atoms with Crippen molar-refractivity contribution in [1.82, 2.24) is 0 Å². The van der Waals surface area contributed by atoms with Crippen molar-refractivity contribution in [2.45, 2.75) is 0 Å². The molecule has 0 aliphatic rings. The number of rotatable bonds is 0. The zero-order valence-electron chi connectivity index (χ0n) is 2.39. The average Bonchev–Trinajstić information content (AvgIpc) is 0.811. The van der Waals surface area contributed by atoms with Crippen LogP contribution in [0.4, 0.5) is 0 Å². The van der Waals surface area contributed by atoms with E-state index in [0.717, 1.165) is 0 Å². The van der Waals surface area contributed by atoms with Gasteiger partial charge in [0.05, 0.1) is 0 Å². The van der Waals surface area contributed by atoms with Crippen molar-refractivity contribution in [3.63, 3.8) is 0 Å². The molecule has 0 spiro atoms. The minimum atomic E-state index is 0. The Morgan fingerprint density at radius 1 is 1.80 bits per heavy atom. The summed E-state index contributed by atoms with van der Waals surface area (Å²) in [5.41, 5.74) is 4.64. The topological polar surface area (TPSA) is 49.9 Å². The fraction of sp³-hybridized carbons (Fsp3) is 0. The molecular formula is CH4ClN2Se. The van der Waals surface area contributed by atoms with Crippen LogP contribution in [0.1, 0.15) is 0 Å². The maximum atomic E-state index is 6.22. The molecule has 0 aromatic heterocycles. The molecule has 0 aromatic rings. The summed E-state index contributed by atoms with van der Waals surface area (Å²) in [5, 5.41) is 6.22. The van der Waals surface area contributed by atoms with Gasteiger partial charge in [0.25, 0.3) is 0 Å². The van der Waals surface area contributed by atoms with E-state index in [0.29, 0.717) is 0 Å². The van der Waals surface area contributed by atoms with Gasteiger partial charge in [-0.2, -0.15) is 0 Å². The van der Waals surface area contributed by atoms with Crippen LogP contribution in [0.5, 0.6) is 0 Å². The molecule has 5 heavy (non-hydrogen) atoms. The van der Waals surface area contributed by atoms with E-state index < -0.39 is 0 Å². The Kier molecular flexibility index (Phi) is 7.69. The molecule has 0 bridgehead atoms. The van der Waals surface area contributed by atoms with Crippen LogP contribution in [0.15, 0.2) is 0 Å². The van der Waals surface area contributed by atoms with Crippen LogP contribution in [-0.4, -0.2) is 20.7 Å². The molecule has 3 N–H and O–H groups in total. The SMILES string of the molecule is Cl.N=C(N)[Se]. The van der Waals surface area contributed by atoms with Gasteiger partial charge in [-0.15, -0.1) is 12.4 Å². The van der Waals surface area contributed by atoms with Crippen molar-refractivity contribution in [2.75, 3.05) is 0 Å². The van der Waals surface area contributed by atoms with Crippen molar-refractivity contribution in [2.24, 2.45) is 5.73 Å². The van der Waals surface area contributed by atoms with E-state index in [2.05, 4.69) is 21.7 Å². The molecule has 1 radical (unpaired) electrons. The van der Waals surface area contributed by atoms with Crippen LogP contribution in [0.2, 0.25) is 0 Å². The second-order valence-corrected chi connectivity index (χ2v) is 1.29. The van der Waals surface area contributed by atoms with Gasteiger partial charge < -0.3 is 0 Å². The molecule has 0 aromatic carbocycles. The van der Waals surface area contributed by atoms with Crippen molar-refractivity contribution in [1.29, 1.82) is 5.41 Å². The van der Waals surface area contributed by atoms with Crippen molar-refractivity contribution < 1.29 is 0 Å². The second-order valence-electron chi connectivity index (χ2n) is 0.364. The van der Waals surface area contributed by atoms with Crippen LogP contribution in [0.3, 0.4) is 0 Å². The molecule has 0 unspecified atom stereocenters. The summed E-state index contributed by atoms with van der Waals surface area (Å²) in [6.45, 7) is 0. The molecule has 0 fully saturated rings. The number of hydrogen-bond donors (Lipinski definition) is 2. The molecule has 0 aliphatic heterocycles. The first-order valence-electron chi connectivity index (χ1n) is 0.743. The third-order valence-electron chi connectivity index (χ3n) is 0. The Morgan fingerprint density at radius 2 is 1.80 bits per heavy atom. The molecule has 0 aliphatic carbocycles. The van der Waals surface area contributed by atoms with Gasteiger partial charge in [0, 0.05) is 0 Å². The Hall–Kier alpha value is 0.279. The van der Waals surface area contributed by atoms with Crippen molar-refractivity contribution >= 4 is 33.2 Å². The van der Waals surface area contributed by atoms with Crippen LogP contribution in [0.25, 0.3) is 0 Å². The van der Waals surface area contributed by atoms with Crippen LogP contribution in [-0.2, 0) is 0 Å². The fourth-order valence-electron chi connectivity index (χ4n) is 0. The van der Waals surface area contributed by atoms with Crippen LogP contribution >= 0.6 is 12.4 Å². The third kappa shape index (κ3) is 285. The molecule has 0 heterocycles. The van der Waals surface area contributed by atoms with E-state index in [1.165, 1.54) is 0 Å². The van der Waals surface area contributed by atoms with Gasteiger partial charge in [0.2, 0.25) is 0 Å². The van der Waals surface area contributed by atoms with E-state index in [9.17, 15) is 0 Å². The number of halogens is 1. The Bertz CT molecular complexity index is 32.6. The molecule has 0 saturated carbocycles.